The lowest BCUT2D eigenvalue weighted by atomic mass is 9.97. The van der Waals surface area contributed by atoms with Crippen molar-refractivity contribution >= 4 is 10.0 Å². The molecule has 1 atom stereocenters. The van der Waals surface area contributed by atoms with Gasteiger partial charge in [0.05, 0.1) is 4.90 Å². The second-order valence-electron chi connectivity index (χ2n) is 6.16. The highest BCUT2D eigenvalue weighted by molar-refractivity contribution is 7.89. The molecule has 2 aromatic rings. The molecule has 2 rings (SSSR count). The Labute approximate surface area is 137 Å². The van der Waals surface area contributed by atoms with Gasteiger partial charge in [0.25, 0.3) is 0 Å². The van der Waals surface area contributed by atoms with Crippen molar-refractivity contribution in [1.29, 1.82) is 0 Å². The molecule has 1 N–H and O–H groups in total. The standard InChI is InChI=1S/C18H22FNO2S/c1-12(2)18(15-6-8-16(19)9-7-15)20-23(21,22)17-10-5-13(3)11-14(17)4/h5-12,18,20H,1-4H3. The second-order valence-corrected chi connectivity index (χ2v) is 7.85. The van der Waals surface area contributed by atoms with Gasteiger partial charge in [-0.15, -0.1) is 0 Å². The lowest BCUT2D eigenvalue weighted by Gasteiger charge is -2.23. The molecule has 0 heterocycles. The van der Waals surface area contributed by atoms with Crippen molar-refractivity contribution < 1.29 is 12.8 Å². The highest BCUT2D eigenvalue weighted by atomic mass is 32.2. The fourth-order valence-electron chi connectivity index (χ4n) is 2.59. The van der Waals surface area contributed by atoms with E-state index in [-0.39, 0.29) is 16.6 Å². The first kappa shape index (κ1) is 17.6. The fourth-order valence-corrected chi connectivity index (χ4v) is 4.19. The molecule has 1 unspecified atom stereocenters. The molecular formula is C18H22FNO2S. The van der Waals surface area contributed by atoms with Gasteiger partial charge < -0.3 is 0 Å². The predicted octanol–water partition coefficient (Wildman–Crippen LogP) is 4.12. The van der Waals surface area contributed by atoms with E-state index in [0.717, 1.165) is 11.1 Å². The monoisotopic (exact) mass is 335 g/mol. The van der Waals surface area contributed by atoms with E-state index >= 15 is 0 Å². The Hall–Kier alpha value is -1.72. The van der Waals surface area contributed by atoms with E-state index in [1.807, 2.05) is 26.8 Å². The quantitative estimate of drug-likeness (QED) is 0.893. The minimum Gasteiger partial charge on any atom is -0.207 e. The first-order valence-corrected chi connectivity index (χ1v) is 9.04. The minimum atomic E-state index is -3.65. The third-order valence-corrected chi connectivity index (χ3v) is 5.40. The zero-order valence-corrected chi connectivity index (χ0v) is 14.6. The number of rotatable bonds is 5. The van der Waals surface area contributed by atoms with Crippen molar-refractivity contribution in [3.63, 3.8) is 0 Å². The molecule has 23 heavy (non-hydrogen) atoms. The van der Waals surface area contributed by atoms with Crippen LogP contribution in [-0.4, -0.2) is 8.42 Å². The van der Waals surface area contributed by atoms with Gasteiger partial charge in [0.1, 0.15) is 5.82 Å². The maximum atomic E-state index is 13.1. The minimum absolute atomic E-state index is 0.0287. The lowest BCUT2D eigenvalue weighted by molar-refractivity contribution is 0.462. The summed E-state index contributed by atoms with van der Waals surface area (Å²) in [5.41, 5.74) is 2.47. The zero-order valence-electron chi connectivity index (χ0n) is 13.8. The van der Waals surface area contributed by atoms with Crippen LogP contribution in [-0.2, 0) is 10.0 Å². The van der Waals surface area contributed by atoms with Gasteiger partial charge in [-0.1, -0.05) is 43.7 Å². The first-order chi connectivity index (χ1) is 10.7. The van der Waals surface area contributed by atoms with E-state index in [1.165, 1.54) is 12.1 Å². The van der Waals surface area contributed by atoms with Crippen LogP contribution in [0.25, 0.3) is 0 Å². The molecule has 124 valence electrons. The largest absolute Gasteiger partial charge is 0.241 e. The van der Waals surface area contributed by atoms with Gasteiger partial charge in [-0.2, -0.15) is 0 Å². The topological polar surface area (TPSA) is 46.2 Å². The Balaban J connectivity index is 2.37. The summed E-state index contributed by atoms with van der Waals surface area (Å²) in [5.74, 6) is -0.311. The molecule has 0 aliphatic rings. The van der Waals surface area contributed by atoms with Gasteiger partial charge in [0.2, 0.25) is 10.0 Å². The number of halogens is 1. The first-order valence-electron chi connectivity index (χ1n) is 7.56. The molecule has 5 heteroatoms. The molecule has 0 fully saturated rings. The van der Waals surface area contributed by atoms with Crippen LogP contribution in [0.3, 0.4) is 0 Å². The number of hydrogen-bond donors (Lipinski definition) is 1. The van der Waals surface area contributed by atoms with Gasteiger partial charge >= 0.3 is 0 Å². The van der Waals surface area contributed by atoms with Gasteiger partial charge in [0, 0.05) is 6.04 Å². The van der Waals surface area contributed by atoms with Crippen molar-refractivity contribution in [3.05, 3.63) is 65.0 Å². The summed E-state index contributed by atoms with van der Waals surface area (Å²) in [6, 6.07) is 10.7. The molecule has 0 aliphatic heterocycles. The van der Waals surface area contributed by atoms with E-state index < -0.39 is 16.1 Å². The number of hydrogen-bond acceptors (Lipinski definition) is 2. The van der Waals surface area contributed by atoms with Crippen LogP contribution in [0.5, 0.6) is 0 Å². The number of nitrogens with one attached hydrogen (secondary N) is 1. The second kappa shape index (κ2) is 6.81. The average Bonchev–Trinajstić information content (AvgIpc) is 2.45. The smallest absolute Gasteiger partial charge is 0.207 e. The Morgan fingerprint density at radius 2 is 1.61 bits per heavy atom. The maximum Gasteiger partial charge on any atom is 0.241 e. The molecule has 2 aromatic carbocycles. The average molecular weight is 335 g/mol. The number of benzene rings is 2. The predicted molar refractivity (Wildman–Crippen MR) is 90.2 cm³/mol. The van der Waals surface area contributed by atoms with Crippen LogP contribution in [0.2, 0.25) is 0 Å². The Morgan fingerprint density at radius 3 is 2.13 bits per heavy atom. The van der Waals surface area contributed by atoms with Gasteiger partial charge in [0.15, 0.2) is 0 Å². The molecule has 0 radical (unpaired) electrons. The van der Waals surface area contributed by atoms with Crippen LogP contribution in [0.4, 0.5) is 4.39 Å². The van der Waals surface area contributed by atoms with Crippen molar-refractivity contribution in [3.8, 4) is 0 Å². The summed E-state index contributed by atoms with van der Waals surface area (Å²) in [5, 5.41) is 0. The fraction of sp³-hybridized carbons (Fsp3) is 0.333. The van der Waals surface area contributed by atoms with Crippen molar-refractivity contribution in [1.82, 2.24) is 4.72 Å². The molecule has 0 saturated heterocycles. The summed E-state index contributed by atoms with van der Waals surface area (Å²) < 4.78 is 41.3. The normalized spacial score (nSPS) is 13.3. The van der Waals surface area contributed by atoms with Crippen LogP contribution < -0.4 is 4.72 Å². The summed E-state index contributed by atoms with van der Waals surface area (Å²) in [6.45, 7) is 7.56. The Kier molecular flexibility index (Phi) is 5.22. The van der Waals surface area contributed by atoms with Crippen molar-refractivity contribution in [2.45, 2.75) is 38.6 Å². The van der Waals surface area contributed by atoms with Crippen LogP contribution in [0.1, 0.15) is 36.6 Å². The highest BCUT2D eigenvalue weighted by Gasteiger charge is 2.25. The third kappa shape index (κ3) is 4.18. The molecule has 3 nitrogen and oxygen atoms in total. The van der Waals surface area contributed by atoms with Crippen LogP contribution in [0, 0.1) is 25.6 Å². The molecule has 0 amide bonds. The van der Waals surface area contributed by atoms with Gasteiger partial charge in [-0.25, -0.2) is 17.5 Å². The maximum absolute atomic E-state index is 13.1. The molecule has 0 spiro atoms. The van der Waals surface area contributed by atoms with Crippen LogP contribution >= 0.6 is 0 Å². The van der Waals surface area contributed by atoms with Crippen molar-refractivity contribution in [2.75, 3.05) is 0 Å². The number of aryl methyl sites for hydroxylation is 2. The number of sulfonamides is 1. The van der Waals surface area contributed by atoms with E-state index in [2.05, 4.69) is 4.72 Å². The van der Waals surface area contributed by atoms with E-state index in [0.29, 0.717) is 5.56 Å². The van der Waals surface area contributed by atoms with Crippen LogP contribution in [0.15, 0.2) is 47.4 Å². The van der Waals surface area contributed by atoms with Gasteiger partial charge in [-0.3, -0.25) is 0 Å². The van der Waals surface area contributed by atoms with E-state index in [9.17, 15) is 12.8 Å². The molecule has 0 aromatic heterocycles. The molecule has 0 aliphatic carbocycles. The lowest BCUT2D eigenvalue weighted by Crippen LogP contribution is -2.32. The Morgan fingerprint density at radius 1 is 1.00 bits per heavy atom. The SMILES string of the molecule is Cc1ccc(S(=O)(=O)NC(c2ccc(F)cc2)C(C)C)c(C)c1. The zero-order chi connectivity index (χ0) is 17.2. The summed E-state index contributed by atoms with van der Waals surface area (Å²) in [6.07, 6.45) is 0. The third-order valence-electron chi connectivity index (χ3n) is 3.80. The Bertz CT molecular complexity index is 783. The molecular weight excluding hydrogens is 313 g/mol. The van der Waals surface area contributed by atoms with Gasteiger partial charge in [-0.05, 0) is 49.1 Å². The highest BCUT2D eigenvalue weighted by Crippen LogP contribution is 2.26. The van der Waals surface area contributed by atoms with E-state index in [1.54, 1.807) is 31.2 Å². The molecule has 0 bridgehead atoms. The van der Waals surface area contributed by atoms with Crippen molar-refractivity contribution in [2.24, 2.45) is 5.92 Å². The summed E-state index contributed by atoms with van der Waals surface area (Å²) in [4.78, 5) is 0.274. The van der Waals surface area contributed by atoms with E-state index in [4.69, 9.17) is 0 Å². The summed E-state index contributed by atoms with van der Waals surface area (Å²) in [7, 11) is -3.65. The molecule has 0 saturated carbocycles. The summed E-state index contributed by atoms with van der Waals surface area (Å²) >= 11 is 0.